The molecule has 104 valence electrons. The largest absolute Gasteiger partial charge is 0.441 e. The summed E-state index contributed by atoms with van der Waals surface area (Å²) in [5.74, 6) is 6.38. The second-order valence-electron chi connectivity index (χ2n) is 4.84. The molecule has 0 fully saturated rings. The van der Waals surface area contributed by atoms with E-state index in [0.29, 0.717) is 6.42 Å². The van der Waals surface area contributed by atoms with Gasteiger partial charge in [-0.3, -0.25) is 0 Å². The zero-order chi connectivity index (χ0) is 14.7. The Morgan fingerprint density at radius 3 is 2.57 bits per heavy atom. The molecule has 3 rings (SSSR count). The summed E-state index contributed by atoms with van der Waals surface area (Å²) < 4.78 is 5.54. The first-order chi connectivity index (χ1) is 10.3. The van der Waals surface area contributed by atoms with E-state index in [0.717, 1.165) is 22.3 Å². The van der Waals surface area contributed by atoms with Gasteiger partial charge in [-0.05, 0) is 17.7 Å². The SMILES string of the molecule is CNC(=O)OC1Cc2ccccc2C#Cc2ccccc21. The van der Waals surface area contributed by atoms with Crippen molar-refractivity contribution in [1.29, 1.82) is 0 Å². The minimum atomic E-state index is -0.430. The highest BCUT2D eigenvalue weighted by atomic mass is 16.6. The number of rotatable bonds is 1. The average Bonchev–Trinajstić information content (AvgIpc) is 2.51. The molecule has 1 aliphatic rings. The van der Waals surface area contributed by atoms with Gasteiger partial charge in [-0.2, -0.15) is 0 Å². The Morgan fingerprint density at radius 1 is 1.10 bits per heavy atom. The fourth-order valence-corrected chi connectivity index (χ4v) is 2.45. The van der Waals surface area contributed by atoms with Gasteiger partial charge in [-0.1, -0.05) is 48.2 Å². The fraction of sp³-hybridized carbons (Fsp3) is 0.167. The van der Waals surface area contributed by atoms with E-state index in [4.69, 9.17) is 4.74 Å². The molecular formula is C18H15NO2. The van der Waals surface area contributed by atoms with Crippen molar-refractivity contribution in [2.45, 2.75) is 12.5 Å². The van der Waals surface area contributed by atoms with Crippen LogP contribution in [-0.2, 0) is 11.2 Å². The molecule has 1 aliphatic carbocycles. The Bertz CT molecular complexity index is 740. The van der Waals surface area contributed by atoms with Gasteiger partial charge in [-0.15, -0.1) is 0 Å². The molecule has 0 aromatic heterocycles. The molecule has 1 amide bonds. The molecule has 3 nitrogen and oxygen atoms in total. The molecule has 3 heteroatoms. The van der Waals surface area contributed by atoms with Gasteiger partial charge in [-0.25, -0.2) is 4.79 Å². The van der Waals surface area contributed by atoms with Crippen LogP contribution in [0.5, 0.6) is 0 Å². The lowest BCUT2D eigenvalue weighted by Gasteiger charge is -2.21. The van der Waals surface area contributed by atoms with Crippen LogP contribution < -0.4 is 5.32 Å². The monoisotopic (exact) mass is 277 g/mol. The van der Waals surface area contributed by atoms with Crippen LogP contribution in [0.3, 0.4) is 0 Å². The van der Waals surface area contributed by atoms with Crippen molar-refractivity contribution < 1.29 is 9.53 Å². The van der Waals surface area contributed by atoms with Crippen molar-refractivity contribution >= 4 is 6.09 Å². The zero-order valence-electron chi connectivity index (χ0n) is 11.7. The Balaban J connectivity index is 2.09. The molecule has 1 N–H and O–H groups in total. The number of fused-ring (bicyclic) bond motifs is 2. The van der Waals surface area contributed by atoms with E-state index in [2.05, 4.69) is 17.2 Å². The van der Waals surface area contributed by atoms with E-state index in [1.165, 1.54) is 0 Å². The number of ether oxygens (including phenoxy) is 1. The summed E-state index contributed by atoms with van der Waals surface area (Å²) in [5.41, 5.74) is 3.93. The van der Waals surface area contributed by atoms with E-state index < -0.39 is 6.09 Å². The molecule has 0 bridgehead atoms. The zero-order valence-corrected chi connectivity index (χ0v) is 11.7. The maximum atomic E-state index is 11.6. The molecule has 2 aromatic carbocycles. The molecule has 0 saturated heterocycles. The van der Waals surface area contributed by atoms with Gasteiger partial charge < -0.3 is 10.1 Å². The number of amides is 1. The van der Waals surface area contributed by atoms with Gasteiger partial charge in [0.05, 0.1) is 0 Å². The van der Waals surface area contributed by atoms with Crippen LogP contribution in [0.2, 0.25) is 0 Å². The van der Waals surface area contributed by atoms with Gasteiger partial charge in [0.1, 0.15) is 6.10 Å². The van der Waals surface area contributed by atoms with E-state index in [-0.39, 0.29) is 6.10 Å². The molecule has 0 radical (unpaired) electrons. The number of hydrogen-bond acceptors (Lipinski definition) is 2. The van der Waals surface area contributed by atoms with E-state index >= 15 is 0 Å². The third kappa shape index (κ3) is 2.75. The predicted octanol–water partition coefficient (Wildman–Crippen LogP) is 3.04. The first-order valence-corrected chi connectivity index (χ1v) is 6.85. The second kappa shape index (κ2) is 5.72. The Labute approximate surface area is 123 Å². The summed E-state index contributed by atoms with van der Waals surface area (Å²) in [7, 11) is 1.56. The lowest BCUT2D eigenvalue weighted by atomic mass is 9.92. The van der Waals surface area contributed by atoms with E-state index in [1.54, 1.807) is 7.05 Å². The van der Waals surface area contributed by atoms with E-state index in [9.17, 15) is 4.79 Å². The van der Waals surface area contributed by atoms with Crippen LogP contribution >= 0.6 is 0 Å². The van der Waals surface area contributed by atoms with Crippen molar-refractivity contribution in [3.8, 4) is 11.8 Å². The number of benzene rings is 2. The summed E-state index contributed by atoms with van der Waals surface area (Å²) in [6.07, 6.45) is -0.146. The topological polar surface area (TPSA) is 38.3 Å². The summed E-state index contributed by atoms with van der Waals surface area (Å²) >= 11 is 0. The van der Waals surface area contributed by atoms with Crippen molar-refractivity contribution in [3.63, 3.8) is 0 Å². The van der Waals surface area contributed by atoms with Crippen molar-refractivity contribution in [3.05, 3.63) is 70.8 Å². The summed E-state index contributed by atoms with van der Waals surface area (Å²) in [4.78, 5) is 11.6. The first kappa shape index (κ1) is 13.3. The number of alkyl carbamates (subject to hydrolysis) is 1. The number of nitrogens with one attached hydrogen (secondary N) is 1. The van der Waals surface area contributed by atoms with Crippen LogP contribution in [0.4, 0.5) is 4.79 Å². The van der Waals surface area contributed by atoms with Gasteiger partial charge >= 0.3 is 6.09 Å². The van der Waals surface area contributed by atoms with Gasteiger partial charge in [0.15, 0.2) is 0 Å². The standard InChI is InChI=1S/C18H15NO2/c1-19-18(20)21-17-12-15-8-3-2-6-13(15)10-11-14-7-4-5-9-16(14)17/h2-9,17H,12H2,1H3,(H,19,20). The number of hydrogen-bond donors (Lipinski definition) is 1. The molecule has 0 spiro atoms. The minimum absolute atomic E-state index is 0.336. The maximum absolute atomic E-state index is 11.6. The van der Waals surface area contributed by atoms with Crippen LogP contribution in [0.1, 0.15) is 28.4 Å². The third-order valence-electron chi connectivity index (χ3n) is 3.52. The minimum Gasteiger partial charge on any atom is -0.441 e. The van der Waals surface area contributed by atoms with Crippen molar-refractivity contribution in [2.75, 3.05) is 7.05 Å². The van der Waals surface area contributed by atoms with Gasteiger partial charge in [0, 0.05) is 30.2 Å². The number of carbonyl (C=O) groups excluding carboxylic acids is 1. The second-order valence-corrected chi connectivity index (χ2v) is 4.84. The molecular weight excluding hydrogens is 262 g/mol. The van der Waals surface area contributed by atoms with Gasteiger partial charge in [0.2, 0.25) is 0 Å². The molecule has 0 saturated carbocycles. The van der Waals surface area contributed by atoms with Crippen LogP contribution in [0.25, 0.3) is 0 Å². The molecule has 1 unspecified atom stereocenters. The third-order valence-corrected chi connectivity index (χ3v) is 3.52. The van der Waals surface area contributed by atoms with E-state index in [1.807, 2.05) is 48.5 Å². The Kier molecular flexibility index (Phi) is 3.61. The molecule has 1 atom stereocenters. The smallest absolute Gasteiger partial charge is 0.407 e. The predicted molar refractivity (Wildman–Crippen MR) is 80.8 cm³/mol. The van der Waals surface area contributed by atoms with Crippen LogP contribution in [-0.4, -0.2) is 13.1 Å². The van der Waals surface area contributed by atoms with Crippen LogP contribution in [0.15, 0.2) is 48.5 Å². The Hall–Kier alpha value is -2.73. The average molecular weight is 277 g/mol. The first-order valence-electron chi connectivity index (χ1n) is 6.85. The summed E-state index contributed by atoms with van der Waals surface area (Å²) in [6.45, 7) is 0. The molecule has 0 aliphatic heterocycles. The highest BCUT2D eigenvalue weighted by molar-refractivity contribution is 5.67. The summed E-state index contributed by atoms with van der Waals surface area (Å²) in [5, 5.41) is 2.51. The fourth-order valence-electron chi connectivity index (χ4n) is 2.45. The maximum Gasteiger partial charge on any atom is 0.407 e. The highest BCUT2D eigenvalue weighted by Crippen LogP contribution is 2.28. The summed E-state index contributed by atoms with van der Waals surface area (Å²) in [6, 6.07) is 15.8. The lowest BCUT2D eigenvalue weighted by Crippen LogP contribution is -2.24. The number of carbonyl (C=O) groups is 1. The van der Waals surface area contributed by atoms with Crippen LogP contribution in [0, 0.1) is 11.8 Å². The lowest BCUT2D eigenvalue weighted by molar-refractivity contribution is 0.0991. The quantitative estimate of drug-likeness (QED) is 0.814. The molecule has 21 heavy (non-hydrogen) atoms. The van der Waals surface area contributed by atoms with Crippen molar-refractivity contribution in [2.24, 2.45) is 0 Å². The molecule has 0 heterocycles. The van der Waals surface area contributed by atoms with Crippen molar-refractivity contribution in [1.82, 2.24) is 5.32 Å². The normalized spacial score (nSPS) is 15.4. The Morgan fingerprint density at radius 2 is 1.76 bits per heavy atom. The van der Waals surface area contributed by atoms with Gasteiger partial charge in [0.25, 0.3) is 0 Å². The molecule has 2 aromatic rings. The highest BCUT2D eigenvalue weighted by Gasteiger charge is 2.21.